The Balaban J connectivity index is 1.50. The predicted octanol–water partition coefficient (Wildman–Crippen LogP) is 3.00. The lowest BCUT2D eigenvalue weighted by Crippen LogP contribution is -2.47. The van der Waals surface area contributed by atoms with Crippen LogP contribution in [-0.2, 0) is 11.3 Å². The van der Waals surface area contributed by atoms with Crippen molar-refractivity contribution in [2.45, 2.75) is 51.2 Å². The first kappa shape index (κ1) is 18.9. The quantitative estimate of drug-likeness (QED) is 0.656. The summed E-state index contributed by atoms with van der Waals surface area (Å²) in [5, 5.41) is 13.1. The largest absolute Gasteiger partial charge is 0.352 e. The Hall–Kier alpha value is -2.48. The standard InChI is InChI=1S/C20H22BrN5O2/c1-12(2)19-17-8-13(21)4-5-16(17)20(28)26(24-19)11-18(27)23-14-9-15(10-14)25-7-3-6-22-25/h3-8,12,14-15H,9-11H2,1-2H3,(H,23,27)/t14-,15-. The zero-order valence-electron chi connectivity index (χ0n) is 15.8. The number of nitrogens with one attached hydrogen (secondary N) is 1. The molecular formula is C20H22BrN5O2. The number of fused-ring (bicyclic) bond motifs is 1. The van der Waals surface area contributed by atoms with Crippen LogP contribution in [0.1, 0.15) is 44.3 Å². The molecule has 0 atom stereocenters. The second-order valence-corrected chi connectivity index (χ2v) is 8.48. The zero-order valence-corrected chi connectivity index (χ0v) is 17.4. The van der Waals surface area contributed by atoms with Crippen molar-refractivity contribution in [2.24, 2.45) is 0 Å². The highest BCUT2D eigenvalue weighted by Gasteiger charge is 2.32. The highest BCUT2D eigenvalue weighted by Crippen LogP contribution is 2.31. The van der Waals surface area contributed by atoms with Crippen LogP contribution in [0.2, 0.25) is 0 Å². The van der Waals surface area contributed by atoms with Gasteiger partial charge in [0.15, 0.2) is 0 Å². The summed E-state index contributed by atoms with van der Waals surface area (Å²) in [7, 11) is 0. The van der Waals surface area contributed by atoms with Crippen LogP contribution in [0.5, 0.6) is 0 Å². The minimum atomic E-state index is -0.245. The van der Waals surface area contributed by atoms with E-state index < -0.39 is 0 Å². The number of hydrogen-bond acceptors (Lipinski definition) is 4. The molecule has 2 aromatic heterocycles. The SMILES string of the molecule is CC(C)c1nn(CC(=O)N[C@H]2C[C@H](n3cccn3)C2)c(=O)c2ccc(Br)cc12. The molecule has 1 aliphatic carbocycles. The van der Waals surface area contributed by atoms with E-state index in [4.69, 9.17) is 0 Å². The first-order chi connectivity index (χ1) is 13.4. The van der Waals surface area contributed by atoms with Gasteiger partial charge >= 0.3 is 0 Å². The number of hydrogen-bond donors (Lipinski definition) is 1. The van der Waals surface area contributed by atoms with E-state index in [1.807, 2.05) is 42.9 Å². The van der Waals surface area contributed by atoms with Crippen LogP contribution in [0.15, 0.2) is 45.9 Å². The second-order valence-electron chi connectivity index (χ2n) is 7.57. The van der Waals surface area contributed by atoms with Crippen molar-refractivity contribution < 1.29 is 4.79 Å². The number of aromatic nitrogens is 4. The average molecular weight is 444 g/mol. The summed E-state index contributed by atoms with van der Waals surface area (Å²) in [6.45, 7) is 3.98. The molecule has 0 radical (unpaired) electrons. The Morgan fingerprint density at radius 2 is 2.11 bits per heavy atom. The summed E-state index contributed by atoms with van der Waals surface area (Å²) in [6.07, 6.45) is 5.39. The second kappa shape index (κ2) is 7.50. The van der Waals surface area contributed by atoms with Crippen LogP contribution in [0.4, 0.5) is 0 Å². The van der Waals surface area contributed by atoms with Gasteiger partial charge in [0.05, 0.1) is 17.1 Å². The van der Waals surface area contributed by atoms with Gasteiger partial charge in [0.25, 0.3) is 5.56 Å². The van der Waals surface area contributed by atoms with Gasteiger partial charge in [-0.1, -0.05) is 29.8 Å². The number of halogens is 1. The predicted molar refractivity (Wildman–Crippen MR) is 110 cm³/mol. The smallest absolute Gasteiger partial charge is 0.275 e. The molecule has 1 aliphatic rings. The van der Waals surface area contributed by atoms with Gasteiger partial charge in [0.1, 0.15) is 6.54 Å². The number of nitrogens with zero attached hydrogens (tertiary/aromatic N) is 4. The van der Waals surface area contributed by atoms with E-state index in [1.165, 1.54) is 4.68 Å². The van der Waals surface area contributed by atoms with Gasteiger partial charge in [-0.3, -0.25) is 14.3 Å². The Bertz CT molecular complexity index is 1070. The molecule has 4 rings (SSSR count). The van der Waals surface area contributed by atoms with Crippen molar-refractivity contribution in [1.82, 2.24) is 24.9 Å². The van der Waals surface area contributed by atoms with Crippen molar-refractivity contribution in [1.29, 1.82) is 0 Å². The fraction of sp³-hybridized carbons (Fsp3) is 0.400. The van der Waals surface area contributed by atoms with Crippen LogP contribution < -0.4 is 10.9 Å². The van der Waals surface area contributed by atoms with Crippen LogP contribution in [0.3, 0.4) is 0 Å². The number of benzene rings is 1. The van der Waals surface area contributed by atoms with Gasteiger partial charge in [0, 0.05) is 28.3 Å². The molecule has 0 bridgehead atoms. The van der Waals surface area contributed by atoms with Gasteiger partial charge in [-0.2, -0.15) is 10.2 Å². The summed E-state index contributed by atoms with van der Waals surface area (Å²) in [4.78, 5) is 25.3. The highest BCUT2D eigenvalue weighted by atomic mass is 79.9. The van der Waals surface area contributed by atoms with E-state index in [0.717, 1.165) is 28.4 Å². The van der Waals surface area contributed by atoms with Crippen molar-refractivity contribution in [3.05, 3.63) is 57.2 Å². The van der Waals surface area contributed by atoms with E-state index in [-0.39, 0.29) is 30.0 Å². The molecule has 0 spiro atoms. The van der Waals surface area contributed by atoms with E-state index >= 15 is 0 Å². The minimum absolute atomic E-state index is 0.0759. The summed E-state index contributed by atoms with van der Waals surface area (Å²) in [6, 6.07) is 7.86. The van der Waals surface area contributed by atoms with Crippen molar-refractivity contribution in [3.8, 4) is 0 Å². The molecule has 146 valence electrons. The molecule has 0 unspecified atom stereocenters. The molecule has 0 saturated heterocycles. The van der Waals surface area contributed by atoms with E-state index in [2.05, 4.69) is 31.4 Å². The Kier molecular flexibility index (Phi) is 5.05. The summed E-state index contributed by atoms with van der Waals surface area (Å²) in [5.74, 6) is -0.0575. The topological polar surface area (TPSA) is 81.8 Å². The third-order valence-corrected chi connectivity index (χ3v) is 5.66. The zero-order chi connectivity index (χ0) is 19.8. The van der Waals surface area contributed by atoms with Crippen molar-refractivity contribution in [2.75, 3.05) is 0 Å². The molecule has 1 aromatic carbocycles. The number of carbonyl (C=O) groups is 1. The van der Waals surface area contributed by atoms with Gasteiger partial charge in [-0.15, -0.1) is 0 Å². The molecule has 3 aromatic rings. The lowest BCUT2D eigenvalue weighted by atomic mass is 9.87. The number of amides is 1. The summed E-state index contributed by atoms with van der Waals surface area (Å²) < 4.78 is 4.10. The third kappa shape index (κ3) is 3.61. The van der Waals surface area contributed by atoms with Crippen LogP contribution >= 0.6 is 15.9 Å². The van der Waals surface area contributed by atoms with Gasteiger partial charge in [-0.25, -0.2) is 4.68 Å². The number of carbonyl (C=O) groups excluding carboxylic acids is 1. The Morgan fingerprint density at radius 3 is 2.79 bits per heavy atom. The maximum atomic E-state index is 12.8. The fourth-order valence-electron chi connectivity index (χ4n) is 3.64. The maximum absolute atomic E-state index is 12.8. The van der Waals surface area contributed by atoms with E-state index in [0.29, 0.717) is 11.4 Å². The van der Waals surface area contributed by atoms with Gasteiger partial charge in [0.2, 0.25) is 5.91 Å². The highest BCUT2D eigenvalue weighted by molar-refractivity contribution is 9.10. The number of rotatable bonds is 5. The van der Waals surface area contributed by atoms with Crippen LogP contribution in [-0.4, -0.2) is 31.5 Å². The third-order valence-electron chi connectivity index (χ3n) is 5.17. The van der Waals surface area contributed by atoms with E-state index in [1.54, 1.807) is 12.3 Å². The molecule has 2 heterocycles. The fourth-order valence-corrected chi connectivity index (χ4v) is 4.01. The summed E-state index contributed by atoms with van der Waals surface area (Å²) in [5.41, 5.74) is 0.566. The van der Waals surface area contributed by atoms with Crippen molar-refractivity contribution >= 4 is 32.6 Å². The monoisotopic (exact) mass is 443 g/mol. The minimum Gasteiger partial charge on any atom is -0.352 e. The first-order valence-electron chi connectivity index (χ1n) is 9.41. The van der Waals surface area contributed by atoms with Gasteiger partial charge in [-0.05, 0) is 43.0 Å². The molecule has 7 nitrogen and oxygen atoms in total. The molecule has 1 N–H and O–H groups in total. The molecule has 0 aliphatic heterocycles. The first-order valence-corrected chi connectivity index (χ1v) is 10.2. The normalized spacial score (nSPS) is 19.0. The molecule has 1 saturated carbocycles. The lowest BCUT2D eigenvalue weighted by molar-refractivity contribution is -0.123. The molecule has 1 amide bonds. The summed E-state index contributed by atoms with van der Waals surface area (Å²) >= 11 is 3.45. The lowest BCUT2D eigenvalue weighted by Gasteiger charge is -2.35. The Labute approximate surface area is 170 Å². The molecule has 28 heavy (non-hydrogen) atoms. The van der Waals surface area contributed by atoms with Crippen LogP contribution in [0, 0.1) is 0 Å². The van der Waals surface area contributed by atoms with Gasteiger partial charge < -0.3 is 5.32 Å². The van der Waals surface area contributed by atoms with Crippen LogP contribution in [0.25, 0.3) is 10.8 Å². The molecule has 1 fully saturated rings. The van der Waals surface area contributed by atoms with Crippen molar-refractivity contribution in [3.63, 3.8) is 0 Å². The Morgan fingerprint density at radius 1 is 1.32 bits per heavy atom. The average Bonchev–Trinajstić information content (AvgIpc) is 3.13. The van der Waals surface area contributed by atoms with E-state index in [9.17, 15) is 9.59 Å². The molecule has 8 heteroatoms. The molecular weight excluding hydrogens is 422 g/mol. The maximum Gasteiger partial charge on any atom is 0.275 e.